The van der Waals surface area contributed by atoms with Crippen molar-refractivity contribution in [2.24, 2.45) is 5.73 Å². The van der Waals surface area contributed by atoms with Crippen molar-refractivity contribution < 1.29 is 14.0 Å². The Labute approximate surface area is 161 Å². The van der Waals surface area contributed by atoms with Crippen molar-refractivity contribution in [3.63, 3.8) is 0 Å². The Kier molecular flexibility index (Phi) is 4.73. The summed E-state index contributed by atoms with van der Waals surface area (Å²) >= 11 is 0. The van der Waals surface area contributed by atoms with Crippen LogP contribution in [0.3, 0.4) is 0 Å². The van der Waals surface area contributed by atoms with Gasteiger partial charge in [-0.15, -0.1) is 0 Å². The normalized spacial score (nSPS) is 15.0. The number of hydrogen-bond acceptors (Lipinski definition) is 4. The van der Waals surface area contributed by atoms with Crippen molar-refractivity contribution >= 4 is 22.7 Å². The molecule has 3 heterocycles. The fraction of sp³-hybridized carbons (Fsp3) is 0.238. The van der Waals surface area contributed by atoms with E-state index in [4.69, 9.17) is 5.73 Å². The van der Waals surface area contributed by atoms with Crippen LogP contribution in [0.1, 0.15) is 45.3 Å². The molecule has 1 aliphatic heterocycles. The van der Waals surface area contributed by atoms with E-state index in [1.54, 1.807) is 41.4 Å². The summed E-state index contributed by atoms with van der Waals surface area (Å²) in [6.07, 6.45) is 2.93. The van der Waals surface area contributed by atoms with Crippen LogP contribution in [0.2, 0.25) is 0 Å². The van der Waals surface area contributed by atoms with Gasteiger partial charge in [-0.1, -0.05) is 6.07 Å². The third-order valence-electron chi connectivity index (χ3n) is 5.12. The quantitative estimate of drug-likeness (QED) is 0.759. The Morgan fingerprint density at radius 3 is 2.57 bits per heavy atom. The number of carbonyl (C=O) groups is 2. The highest BCUT2D eigenvalue weighted by Gasteiger charge is 2.28. The summed E-state index contributed by atoms with van der Waals surface area (Å²) in [5.74, 6) is -1.07. The fourth-order valence-electron chi connectivity index (χ4n) is 3.68. The van der Waals surface area contributed by atoms with Crippen molar-refractivity contribution in [2.75, 3.05) is 13.1 Å². The third-order valence-corrected chi connectivity index (χ3v) is 5.12. The number of hydrogen-bond donors (Lipinski definition) is 1. The SMILES string of the molecule is NC(=O)c1cc2cc(F)ccc2nc1C1CCN(C(=O)c2ccccn2)CC1. The number of nitrogens with two attached hydrogens (primary N) is 1. The van der Waals surface area contributed by atoms with Crippen molar-refractivity contribution in [2.45, 2.75) is 18.8 Å². The number of amides is 2. The lowest BCUT2D eigenvalue weighted by Gasteiger charge is -2.32. The van der Waals surface area contributed by atoms with E-state index in [-0.39, 0.29) is 17.6 Å². The van der Waals surface area contributed by atoms with Gasteiger partial charge in [0.2, 0.25) is 0 Å². The third kappa shape index (κ3) is 3.43. The Bertz CT molecular complexity index is 1050. The van der Waals surface area contributed by atoms with Gasteiger partial charge < -0.3 is 10.6 Å². The van der Waals surface area contributed by atoms with E-state index in [1.807, 2.05) is 0 Å². The van der Waals surface area contributed by atoms with Crippen molar-refractivity contribution in [3.8, 4) is 0 Å². The summed E-state index contributed by atoms with van der Waals surface area (Å²) in [6, 6.07) is 11.1. The van der Waals surface area contributed by atoms with Gasteiger partial charge in [-0.25, -0.2) is 4.39 Å². The molecule has 0 radical (unpaired) electrons. The molecule has 0 saturated carbocycles. The zero-order valence-corrected chi connectivity index (χ0v) is 15.1. The number of rotatable bonds is 3. The average molecular weight is 378 g/mol. The number of primary amides is 1. The first-order chi connectivity index (χ1) is 13.5. The molecule has 1 aromatic carbocycles. The molecule has 0 bridgehead atoms. The van der Waals surface area contributed by atoms with Gasteiger partial charge in [0.15, 0.2) is 0 Å². The molecule has 1 aliphatic rings. The highest BCUT2D eigenvalue weighted by atomic mass is 19.1. The van der Waals surface area contributed by atoms with Gasteiger partial charge in [0.1, 0.15) is 11.5 Å². The van der Waals surface area contributed by atoms with Crippen molar-refractivity contribution in [1.29, 1.82) is 0 Å². The first kappa shape index (κ1) is 18.0. The second-order valence-electron chi connectivity index (χ2n) is 6.90. The van der Waals surface area contributed by atoms with Crippen LogP contribution in [-0.2, 0) is 0 Å². The van der Waals surface area contributed by atoms with E-state index in [2.05, 4.69) is 9.97 Å². The van der Waals surface area contributed by atoms with Gasteiger partial charge in [-0.05, 0) is 49.2 Å². The molecule has 3 aromatic rings. The predicted octanol–water partition coefficient (Wildman–Crippen LogP) is 2.89. The molecule has 2 aromatic heterocycles. The Morgan fingerprint density at radius 1 is 1.11 bits per heavy atom. The van der Waals surface area contributed by atoms with E-state index in [0.717, 1.165) is 0 Å². The molecule has 2 N–H and O–H groups in total. The summed E-state index contributed by atoms with van der Waals surface area (Å²) in [4.78, 5) is 35.0. The number of pyridine rings is 2. The molecule has 1 saturated heterocycles. The standard InChI is InChI=1S/C21H19FN4O2/c22-15-4-5-17-14(11-15)12-16(20(23)27)19(25-17)13-6-9-26(10-7-13)21(28)18-3-1-2-8-24-18/h1-5,8,11-13H,6-7,9-10H2,(H2,23,27). The van der Waals surface area contributed by atoms with Crippen LogP contribution in [0.4, 0.5) is 4.39 Å². The number of carbonyl (C=O) groups excluding carboxylic acids is 2. The van der Waals surface area contributed by atoms with Crippen LogP contribution in [0.15, 0.2) is 48.7 Å². The fourth-order valence-corrected chi connectivity index (χ4v) is 3.68. The van der Waals surface area contributed by atoms with Gasteiger partial charge in [-0.3, -0.25) is 19.6 Å². The average Bonchev–Trinajstić information content (AvgIpc) is 2.73. The summed E-state index contributed by atoms with van der Waals surface area (Å²) in [5.41, 5.74) is 7.53. The molecular formula is C21H19FN4O2. The predicted molar refractivity (Wildman–Crippen MR) is 102 cm³/mol. The number of benzene rings is 1. The number of fused-ring (bicyclic) bond motifs is 1. The summed E-state index contributed by atoms with van der Waals surface area (Å²) in [5, 5.41) is 0.542. The smallest absolute Gasteiger partial charge is 0.272 e. The Morgan fingerprint density at radius 2 is 1.89 bits per heavy atom. The monoisotopic (exact) mass is 378 g/mol. The molecule has 0 unspecified atom stereocenters. The van der Waals surface area contributed by atoms with Crippen LogP contribution >= 0.6 is 0 Å². The molecule has 142 valence electrons. The lowest BCUT2D eigenvalue weighted by atomic mass is 9.89. The van der Waals surface area contributed by atoms with Crippen LogP contribution in [-0.4, -0.2) is 39.8 Å². The lowest BCUT2D eigenvalue weighted by Crippen LogP contribution is -2.38. The van der Waals surface area contributed by atoms with Crippen molar-refractivity contribution in [1.82, 2.24) is 14.9 Å². The molecule has 0 spiro atoms. The molecule has 1 fully saturated rings. The number of aromatic nitrogens is 2. The molecule has 2 amide bonds. The zero-order valence-electron chi connectivity index (χ0n) is 15.1. The topological polar surface area (TPSA) is 89.2 Å². The molecular weight excluding hydrogens is 359 g/mol. The van der Waals surface area contributed by atoms with Gasteiger partial charge in [0, 0.05) is 30.6 Å². The maximum Gasteiger partial charge on any atom is 0.272 e. The van der Waals surface area contributed by atoms with Crippen LogP contribution < -0.4 is 5.73 Å². The minimum Gasteiger partial charge on any atom is -0.366 e. The van der Waals surface area contributed by atoms with E-state index in [9.17, 15) is 14.0 Å². The lowest BCUT2D eigenvalue weighted by molar-refractivity contribution is 0.0705. The zero-order chi connectivity index (χ0) is 19.7. The highest BCUT2D eigenvalue weighted by molar-refractivity contribution is 5.98. The minimum atomic E-state index is -0.583. The van der Waals surface area contributed by atoms with E-state index in [1.165, 1.54) is 12.1 Å². The van der Waals surface area contributed by atoms with Crippen LogP contribution in [0, 0.1) is 5.82 Å². The van der Waals surface area contributed by atoms with E-state index >= 15 is 0 Å². The Hall–Kier alpha value is -3.35. The van der Waals surface area contributed by atoms with Gasteiger partial charge >= 0.3 is 0 Å². The maximum atomic E-state index is 13.5. The number of piperidine rings is 1. The minimum absolute atomic E-state index is 0.00438. The van der Waals surface area contributed by atoms with Crippen molar-refractivity contribution in [3.05, 3.63) is 71.4 Å². The second-order valence-corrected chi connectivity index (χ2v) is 6.90. The second kappa shape index (κ2) is 7.34. The number of likely N-dealkylation sites (tertiary alicyclic amines) is 1. The Balaban J connectivity index is 1.58. The molecule has 0 aliphatic carbocycles. The van der Waals surface area contributed by atoms with Gasteiger partial charge in [-0.2, -0.15) is 0 Å². The van der Waals surface area contributed by atoms with Crippen LogP contribution in [0.5, 0.6) is 0 Å². The number of halogens is 1. The molecule has 7 heteroatoms. The van der Waals surface area contributed by atoms with Crippen LogP contribution in [0.25, 0.3) is 10.9 Å². The van der Waals surface area contributed by atoms with E-state index < -0.39 is 5.91 Å². The van der Waals surface area contributed by atoms with Gasteiger partial charge in [0.25, 0.3) is 11.8 Å². The first-order valence-electron chi connectivity index (χ1n) is 9.13. The first-order valence-corrected chi connectivity index (χ1v) is 9.13. The summed E-state index contributed by atoms with van der Waals surface area (Å²) < 4.78 is 13.5. The highest BCUT2D eigenvalue weighted by Crippen LogP contribution is 2.31. The summed E-state index contributed by atoms with van der Waals surface area (Å²) in [6.45, 7) is 1.09. The molecule has 28 heavy (non-hydrogen) atoms. The molecule has 0 atom stereocenters. The number of nitrogens with zero attached hydrogens (tertiary/aromatic N) is 3. The molecule has 6 nitrogen and oxygen atoms in total. The maximum absolute atomic E-state index is 13.5. The summed E-state index contributed by atoms with van der Waals surface area (Å²) in [7, 11) is 0. The largest absolute Gasteiger partial charge is 0.366 e. The van der Waals surface area contributed by atoms with E-state index in [0.29, 0.717) is 53.8 Å². The van der Waals surface area contributed by atoms with Gasteiger partial charge in [0.05, 0.1) is 16.8 Å². The molecule has 4 rings (SSSR count).